The summed E-state index contributed by atoms with van der Waals surface area (Å²) in [5.74, 6) is 0.302. The Morgan fingerprint density at radius 1 is 1.12 bits per heavy atom. The first-order chi connectivity index (χ1) is 12.7. The Balaban J connectivity index is 1.72. The van der Waals surface area contributed by atoms with Crippen LogP contribution in [0.3, 0.4) is 0 Å². The molecule has 1 aromatic carbocycles. The van der Waals surface area contributed by atoms with Crippen LogP contribution in [-0.4, -0.2) is 19.6 Å². The first-order valence-electron chi connectivity index (χ1n) is 9.05. The molecule has 4 nitrogen and oxygen atoms in total. The van der Waals surface area contributed by atoms with E-state index in [2.05, 4.69) is 38.8 Å². The van der Waals surface area contributed by atoms with Gasteiger partial charge in [0.25, 0.3) is 0 Å². The van der Waals surface area contributed by atoms with E-state index in [9.17, 15) is 4.39 Å². The van der Waals surface area contributed by atoms with Crippen molar-refractivity contribution in [2.24, 2.45) is 0 Å². The van der Waals surface area contributed by atoms with Crippen molar-refractivity contribution in [3.8, 4) is 22.4 Å². The van der Waals surface area contributed by atoms with E-state index in [1.165, 1.54) is 36.4 Å². The molecule has 3 heterocycles. The first-order valence-corrected chi connectivity index (χ1v) is 9.05. The smallest absolute Gasteiger partial charge is 0.136 e. The standard InChI is InChI=1S/C21H19FN4/c1-2-17-11-23-18-10-7-15(12-26(17)18)19-20(13-3-4-13)24-25-21(19)14-5-8-16(22)9-6-14/h5-13H,2-4H2,1H3,(H,24,25). The average molecular weight is 346 g/mol. The van der Waals surface area contributed by atoms with Crippen LogP contribution in [0.1, 0.15) is 37.1 Å². The molecule has 1 fully saturated rings. The second-order valence-corrected chi connectivity index (χ2v) is 6.89. The monoisotopic (exact) mass is 346 g/mol. The summed E-state index contributed by atoms with van der Waals surface area (Å²) in [6.45, 7) is 2.13. The predicted octanol–water partition coefficient (Wildman–Crippen LogP) is 4.97. The maximum atomic E-state index is 13.4. The number of halogens is 1. The highest BCUT2D eigenvalue weighted by Gasteiger charge is 2.30. The van der Waals surface area contributed by atoms with Crippen molar-refractivity contribution in [2.45, 2.75) is 32.1 Å². The Kier molecular flexibility index (Phi) is 3.42. The Hall–Kier alpha value is -2.95. The summed E-state index contributed by atoms with van der Waals surface area (Å²) < 4.78 is 15.5. The average Bonchev–Trinajstić information content (AvgIpc) is 3.28. The number of H-pyrrole nitrogens is 1. The van der Waals surface area contributed by atoms with Gasteiger partial charge in [0.05, 0.1) is 0 Å². The van der Waals surface area contributed by atoms with E-state index >= 15 is 0 Å². The summed E-state index contributed by atoms with van der Waals surface area (Å²) in [5, 5.41) is 7.84. The van der Waals surface area contributed by atoms with Crippen LogP contribution in [0.25, 0.3) is 28.0 Å². The molecule has 5 heteroatoms. The zero-order chi connectivity index (χ0) is 17.7. The molecular formula is C21H19FN4. The van der Waals surface area contributed by atoms with Crippen LogP contribution in [0, 0.1) is 5.82 Å². The van der Waals surface area contributed by atoms with Crippen LogP contribution in [0.2, 0.25) is 0 Å². The quantitative estimate of drug-likeness (QED) is 0.567. The molecule has 4 aromatic rings. The van der Waals surface area contributed by atoms with Crippen LogP contribution in [-0.2, 0) is 6.42 Å². The number of aryl methyl sites for hydroxylation is 1. The Morgan fingerprint density at radius 3 is 2.62 bits per heavy atom. The van der Waals surface area contributed by atoms with E-state index in [1.807, 2.05) is 12.3 Å². The van der Waals surface area contributed by atoms with Gasteiger partial charge in [0, 0.05) is 46.4 Å². The van der Waals surface area contributed by atoms with Gasteiger partial charge in [-0.1, -0.05) is 6.92 Å². The van der Waals surface area contributed by atoms with Crippen LogP contribution in [0.5, 0.6) is 0 Å². The highest BCUT2D eigenvalue weighted by molar-refractivity contribution is 5.83. The molecule has 1 aliphatic rings. The van der Waals surface area contributed by atoms with Crippen LogP contribution >= 0.6 is 0 Å². The molecule has 0 unspecified atom stereocenters. The number of hydrogen-bond donors (Lipinski definition) is 1. The lowest BCUT2D eigenvalue weighted by Gasteiger charge is -2.08. The molecule has 0 radical (unpaired) electrons. The lowest BCUT2D eigenvalue weighted by molar-refractivity contribution is 0.628. The molecule has 3 aromatic heterocycles. The maximum Gasteiger partial charge on any atom is 0.136 e. The van der Waals surface area contributed by atoms with Crippen LogP contribution < -0.4 is 0 Å². The van der Waals surface area contributed by atoms with Gasteiger partial charge in [-0.3, -0.25) is 5.10 Å². The largest absolute Gasteiger partial charge is 0.303 e. The highest BCUT2D eigenvalue weighted by atomic mass is 19.1. The van der Waals surface area contributed by atoms with Gasteiger partial charge < -0.3 is 4.40 Å². The van der Waals surface area contributed by atoms with Crippen molar-refractivity contribution in [3.63, 3.8) is 0 Å². The van der Waals surface area contributed by atoms with Crippen LogP contribution in [0.15, 0.2) is 48.8 Å². The van der Waals surface area contributed by atoms with Gasteiger partial charge in [0.2, 0.25) is 0 Å². The second-order valence-electron chi connectivity index (χ2n) is 6.89. The third kappa shape index (κ3) is 2.43. The van der Waals surface area contributed by atoms with E-state index in [0.717, 1.165) is 34.5 Å². The number of nitrogens with one attached hydrogen (secondary N) is 1. The maximum absolute atomic E-state index is 13.4. The number of aromatic amines is 1. The summed E-state index contributed by atoms with van der Waals surface area (Å²) in [4.78, 5) is 4.47. The van der Waals surface area contributed by atoms with Crippen molar-refractivity contribution < 1.29 is 4.39 Å². The van der Waals surface area contributed by atoms with Crippen molar-refractivity contribution in [2.75, 3.05) is 0 Å². The molecule has 0 amide bonds. The summed E-state index contributed by atoms with van der Waals surface area (Å²) in [5.41, 5.74) is 7.35. The second kappa shape index (κ2) is 5.80. The minimum Gasteiger partial charge on any atom is -0.303 e. The number of pyridine rings is 1. The van der Waals surface area contributed by atoms with Crippen molar-refractivity contribution in [1.29, 1.82) is 0 Å². The molecule has 0 saturated heterocycles. The van der Waals surface area contributed by atoms with Gasteiger partial charge in [0.1, 0.15) is 17.2 Å². The number of fused-ring (bicyclic) bond motifs is 1. The molecule has 26 heavy (non-hydrogen) atoms. The number of imidazole rings is 1. The number of rotatable bonds is 4. The minimum absolute atomic E-state index is 0.235. The number of benzene rings is 1. The summed E-state index contributed by atoms with van der Waals surface area (Å²) in [7, 11) is 0. The SMILES string of the molecule is CCc1cnc2ccc(-c3c(-c4ccc(F)cc4)n[nH]c3C3CC3)cn12. The molecular weight excluding hydrogens is 327 g/mol. The Morgan fingerprint density at radius 2 is 1.88 bits per heavy atom. The third-order valence-electron chi connectivity index (χ3n) is 5.13. The molecule has 1 aliphatic carbocycles. The van der Waals surface area contributed by atoms with Gasteiger partial charge in [-0.25, -0.2) is 9.37 Å². The number of aromatic nitrogens is 4. The van der Waals surface area contributed by atoms with Gasteiger partial charge >= 0.3 is 0 Å². The normalized spacial score (nSPS) is 14.2. The fourth-order valence-electron chi connectivity index (χ4n) is 3.57. The highest BCUT2D eigenvalue weighted by Crippen LogP contribution is 2.46. The lowest BCUT2D eigenvalue weighted by Crippen LogP contribution is -1.94. The predicted molar refractivity (Wildman–Crippen MR) is 99.5 cm³/mol. The van der Waals surface area contributed by atoms with E-state index in [4.69, 9.17) is 0 Å². The van der Waals surface area contributed by atoms with Gasteiger partial charge in [-0.15, -0.1) is 0 Å². The fourth-order valence-corrected chi connectivity index (χ4v) is 3.57. The van der Waals surface area contributed by atoms with E-state index in [-0.39, 0.29) is 5.82 Å². The van der Waals surface area contributed by atoms with E-state index in [1.54, 1.807) is 12.1 Å². The number of nitrogens with zero attached hydrogens (tertiary/aromatic N) is 3. The first kappa shape index (κ1) is 15.3. The molecule has 0 aliphatic heterocycles. The Labute approximate surface area is 150 Å². The zero-order valence-electron chi connectivity index (χ0n) is 14.5. The van der Waals surface area contributed by atoms with E-state index < -0.39 is 0 Å². The van der Waals surface area contributed by atoms with Gasteiger partial charge in [-0.05, 0) is 55.7 Å². The van der Waals surface area contributed by atoms with Crippen molar-refractivity contribution in [3.05, 3.63) is 66.0 Å². The summed E-state index contributed by atoms with van der Waals surface area (Å²) in [6.07, 6.45) is 7.37. The molecule has 130 valence electrons. The van der Waals surface area contributed by atoms with Gasteiger partial charge in [0.15, 0.2) is 0 Å². The molecule has 0 atom stereocenters. The van der Waals surface area contributed by atoms with Crippen molar-refractivity contribution >= 4 is 5.65 Å². The molecule has 1 N–H and O–H groups in total. The van der Waals surface area contributed by atoms with Crippen molar-refractivity contribution in [1.82, 2.24) is 19.6 Å². The Bertz CT molecular complexity index is 1090. The molecule has 0 bridgehead atoms. The summed E-state index contributed by atoms with van der Waals surface area (Å²) >= 11 is 0. The van der Waals surface area contributed by atoms with Crippen LogP contribution in [0.4, 0.5) is 4.39 Å². The number of hydrogen-bond acceptors (Lipinski definition) is 2. The third-order valence-corrected chi connectivity index (χ3v) is 5.13. The minimum atomic E-state index is -0.235. The molecule has 0 spiro atoms. The van der Waals surface area contributed by atoms with Gasteiger partial charge in [-0.2, -0.15) is 5.10 Å². The summed E-state index contributed by atoms with van der Waals surface area (Å²) in [6, 6.07) is 10.7. The topological polar surface area (TPSA) is 46.0 Å². The lowest BCUT2D eigenvalue weighted by atomic mass is 9.98. The van der Waals surface area contributed by atoms with E-state index in [0.29, 0.717) is 5.92 Å². The molecule has 1 saturated carbocycles. The fraction of sp³-hybridized carbons (Fsp3) is 0.238. The zero-order valence-corrected chi connectivity index (χ0v) is 14.5. The molecule has 5 rings (SSSR count).